The molecule has 3 aromatic carbocycles. The molecule has 0 aliphatic carbocycles. The standard InChI is InChI=1S/C22H17N3O4/c1-29-16-9-5-8-15(12-16)25-21(27)18(20(26)24-22(25)28)13-23-19-11-4-7-14-6-2-3-10-17(14)19/h2-13,18H,1H3,(H,24,26,28)/t18-/m0/s1. The number of nitrogens with one attached hydrogen (secondary N) is 1. The van der Waals surface area contributed by atoms with Crippen LogP contribution in [0.4, 0.5) is 16.2 Å². The molecule has 29 heavy (non-hydrogen) atoms. The lowest BCUT2D eigenvalue weighted by Crippen LogP contribution is -2.58. The van der Waals surface area contributed by atoms with Gasteiger partial charge in [-0.3, -0.25) is 19.9 Å². The van der Waals surface area contributed by atoms with Crippen LogP contribution in [-0.2, 0) is 9.59 Å². The van der Waals surface area contributed by atoms with Crippen molar-refractivity contribution in [2.75, 3.05) is 12.0 Å². The predicted molar refractivity (Wildman–Crippen MR) is 110 cm³/mol. The number of amides is 4. The largest absolute Gasteiger partial charge is 0.497 e. The van der Waals surface area contributed by atoms with Crippen LogP contribution in [0.25, 0.3) is 10.8 Å². The van der Waals surface area contributed by atoms with Crippen molar-refractivity contribution < 1.29 is 19.1 Å². The Bertz CT molecular complexity index is 1150. The summed E-state index contributed by atoms with van der Waals surface area (Å²) in [6, 6.07) is 19.0. The molecule has 7 heteroatoms. The van der Waals surface area contributed by atoms with E-state index in [2.05, 4.69) is 10.3 Å². The van der Waals surface area contributed by atoms with Gasteiger partial charge in [0, 0.05) is 17.7 Å². The number of barbiturate groups is 1. The Hall–Kier alpha value is -4.00. The summed E-state index contributed by atoms with van der Waals surface area (Å²) in [5.74, 6) is -2.11. The van der Waals surface area contributed by atoms with Crippen molar-refractivity contribution in [3.63, 3.8) is 0 Å². The van der Waals surface area contributed by atoms with Crippen LogP contribution in [0, 0.1) is 5.92 Å². The van der Waals surface area contributed by atoms with Crippen molar-refractivity contribution in [3.05, 3.63) is 66.7 Å². The molecular weight excluding hydrogens is 370 g/mol. The molecule has 1 heterocycles. The zero-order valence-corrected chi connectivity index (χ0v) is 15.5. The molecule has 0 unspecified atom stereocenters. The fourth-order valence-corrected chi connectivity index (χ4v) is 3.19. The second-order valence-electron chi connectivity index (χ2n) is 6.42. The number of benzene rings is 3. The van der Waals surface area contributed by atoms with E-state index in [0.29, 0.717) is 17.1 Å². The third-order valence-electron chi connectivity index (χ3n) is 4.64. The van der Waals surface area contributed by atoms with Gasteiger partial charge >= 0.3 is 6.03 Å². The van der Waals surface area contributed by atoms with E-state index in [0.717, 1.165) is 15.7 Å². The number of anilines is 1. The van der Waals surface area contributed by atoms with Crippen LogP contribution in [0.2, 0.25) is 0 Å². The van der Waals surface area contributed by atoms with Crippen LogP contribution in [-0.4, -0.2) is 31.2 Å². The molecule has 1 aliphatic rings. The van der Waals surface area contributed by atoms with Gasteiger partial charge in [-0.05, 0) is 23.6 Å². The lowest BCUT2D eigenvalue weighted by molar-refractivity contribution is -0.131. The number of nitrogens with zero attached hydrogens (tertiary/aromatic N) is 2. The number of ether oxygens (including phenoxy) is 1. The Morgan fingerprint density at radius 1 is 1.00 bits per heavy atom. The predicted octanol–water partition coefficient (Wildman–Crippen LogP) is 3.45. The van der Waals surface area contributed by atoms with Crippen LogP contribution >= 0.6 is 0 Å². The summed E-state index contributed by atoms with van der Waals surface area (Å²) in [6.07, 6.45) is 1.28. The maximum atomic E-state index is 12.9. The summed E-state index contributed by atoms with van der Waals surface area (Å²) in [5.41, 5.74) is 0.941. The van der Waals surface area contributed by atoms with Crippen LogP contribution in [0.5, 0.6) is 5.75 Å². The highest BCUT2D eigenvalue weighted by molar-refractivity contribution is 6.32. The molecule has 144 valence electrons. The second-order valence-corrected chi connectivity index (χ2v) is 6.42. The average Bonchev–Trinajstić information content (AvgIpc) is 2.73. The van der Waals surface area contributed by atoms with E-state index in [1.54, 1.807) is 30.3 Å². The van der Waals surface area contributed by atoms with E-state index in [4.69, 9.17) is 4.74 Å². The topological polar surface area (TPSA) is 88.1 Å². The quantitative estimate of drug-likeness (QED) is 0.549. The second kappa shape index (κ2) is 7.55. The molecule has 4 amide bonds. The first-order valence-corrected chi connectivity index (χ1v) is 8.93. The van der Waals surface area contributed by atoms with Gasteiger partial charge in [0.1, 0.15) is 5.75 Å². The molecule has 1 N–H and O–H groups in total. The lowest BCUT2D eigenvalue weighted by Gasteiger charge is -2.28. The van der Waals surface area contributed by atoms with Gasteiger partial charge in [-0.25, -0.2) is 9.69 Å². The highest BCUT2D eigenvalue weighted by Crippen LogP contribution is 2.27. The number of carbonyl (C=O) groups excluding carboxylic acids is 3. The van der Waals surface area contributed by atoms with Crippen LogP contribution < -0.4 is 15.0 Å². The molecule has 1 saturated heterocycles. The Balaban J connectivity index is 1.67. The van der Waals surface area contributed by atoms with Gasteiger partial charge in [-0.2, -0.15) is 0 Å². The number of carbonyl (C=O) groups is 3. The van der Waals surface area contributed by atoms with Gasteiger partial charge in [0.15, 0.2) is 5.92 Å². The molecular formula is C22H17N3O4. The Morgan fingerprint density at radius 3 is 2.59 bits per heavy atom. The van der Waals surface area contributed by atoms with Gasteiger partial charge in [0.2, 0.25) is 5.91 Å². The molecule has 7 nitrogen and oxygen atoms in total. The summed E-state index contributed by atoms with van der Waals surface area (Å²) < 4.78 is 5.15. The summed E-state index contributed by atoms with van der Waals surface area (Å²) in [4.78, 5) is 42.8. The first kappa shape index (κ1) is 18.4. The molecule has 0 bridgehead atoms. The molecule has 0 radical (unpaired) electrons. The van der Waals surface area contributed by atoms with E-state index in [1.165, 1.54) is 13.3 Å². The normalized spacial score (nSPS) is 17.1. The van der Waals surface area contributed by atoms with Crippen LogP contribution in [0.15, 0.2) is 71.7 Å². The highest BCUT2D eigenvalue weighted by Gasteiger charge is 2.40. The van der Waals surface area contributed by atoms with E-state index < -0.39 is 23.8 Å². The Morgan fingerprint density at radius 2 is 1.76 bits per heavy atom. The monoisotopic (exact) mass is 387 g/mol. The highest BCUT2D eigenvalue weighted by atomic mass is 16.5. The molecule has 0 saturated carbocycles. The summed E-state index contributed by atoms with van der Waals surface area (Å²) >= 11 is 0. The number of imide groups is 2. The van der Waals surface area contributed by atoms with E-state index in [9.17, 15) is 14.4 Å². The lowest BCUT2D eigenvalue weighted by atomic mass is 10.1. The molecule has 0 spiro atoms. The molecule has 3 aromatic rings. The van der Waals surface area contributed by atoms with Crippen molar-refractivity contribution >= 4 is 46.2 Å². The van der Waals surface area contributed by atoms with E-state index in [1.807, 2.05) is 36.4 Å². The van der Waals surface area contributed by atoms with Crippen LogP contribution in [0.1, 0.15) is 0 Å². The van der Waals surface area contributed by atoms with Crippen molar-refractivity contribution in [1.82, 2.24) is 5.32 Å². The summed E-state index contributed by atoms with van der Waals surface area (Å²) in [6.45, 7) is 0. The third kappa shape index (κ3) is 3.45. The zero-order valence-electron chi connectivity index (χ0n) is 15.5. The van der Waals surface area contributed by atoms with E-state index >= 15 is 0 Å². The molecule has 1 fully saturated rings. The van der Waals surface area contributed by atoms with E-state index in [-0.39, 0.29) is 0 Å². The molecule has 1 atom stereocenters. The van der Waals surface area contributed by atoms with Crippen molar-refractivity contribution in [3.8, 4) is 5.75 Å². The van der Waals surface area contributed by atoms with Crippen molar-refractivity contribution in [1.29, 1.82) is 0 Å². The fraction of sp³-hybridized carbons (Fsp3) is 0.0909. The Labute approximate surface area is 166 Å². The maximum Gasteiger partial charge on any atom is 0.335 e. The molecule has 1 aliphatic heterocycles. The zero-order chi connectivity index (χ0) is 20.4. The number of urea groups is 1. The first-order chi connectivity index (χ1) is 14.1. The average molecular weight is 387 g/mol. The number of fused-ring (bicyclic) bond motifs is 1. The van der Waals surface area contributed by atoms with Crippen LogP contribution in [0.3, 0.4) is 0 Å². The number of hydrogen-bond donors (Lipinski definition) is 1. The van der Waals surface area contributed by atoms with Gasteiger partial charge in [0.25, 0.3) is 5.91 Å². The van der Waals surface area contributed by atoms with Gasteiger partial charge < -0.3 is 4.74 Å². The van der Waals surface area contributed by atoms with Crippen molar-refractivity contribution in [2.45, 2.75) is 0 Å². The first-order valence-electron chi connectivity index (χ1n) is 8.93. The van der Waals surface area contributed by atoms with Crippen molar-refractivity contribution in [2.24, 2.45) is 10.9 Å². The van der Waals surface area contributed by atoms with Gasteiger partial charge in [0.05, 0.1) is 18.5 Å². The molecule has 0 aromatic heterocycles. The Kier molecular flexibility index (Phi) is 4.78. The summed E-state index contributed by atoms with van der Waals surface area (Å²) in [7, 11) is 1.49. The third-order valence-corrected chi connectivity index (χ3v) is 4.64. The number of rotatable bonds is 4. The number of aliphatic imine (C=N–C) groups is 1. The minimum Gasteiger partial charge on any atom is -0.497 e. The summed E-state index contributed by atoms with van der Waals surface area (Å²) in [5, 5.41) is 4.11. The SMILES string of the molecule is COc1cccc(N2C(=O)NC(=O)[C@H](C=Nc3cccc4ccccc34)C2=O)c1. The smallest absolute Gasteiger partial charge is 0.335 e. The number of hydrogen-bond acceptors (Lipinski definition) is 5. The maximum absolute atomic E-state index is 12.9. The number of methoxy groups -OCH3 is 1. The minimum atomic E-state index is -1.22. The van der Waals surface area contributed by atoms with Gasteiger partial charge in [-0.1, -0.05) is 42.5 Å². The fourth-order valence-electron chi connectivity index (χ4n) is 3.19. The minimum absolute atomic E-state index is 0.308. The molecule has 4 rings (SSSR count). The van der Waals surface area contributed by atoms with Gasteiger partial charge in [-0.15, -0.1) is 0 Å².